The molecule has 0 unspecified atom stereocenters. The maximum atomic E-state index is 12.9. The van der Waals surface area contributed by atoms with Crippen LogP contribution < -0.4 is 4.90 Å². The monoisotopic (exact) mass is 280 g/mol. The first-order valence-corrected chi connectivity index (χ1v) is 5.75. The van der Waals surface area contributed by atoms with Crippen LogP contribution in [0.3, 0.4) is 0 Å². The number of pyridine rings is 1. The minimum absolute atomic E-state index is 0.0453. The van der Waals surface area contributed by atoms with Gasteiger partial charge >= 0.3 is 5.97 Å². The Kier molecular flexibility index (Phi) is 3.66. The van der Waals surface area contributed by atoms with Gasteiger partial charge in [-0.15, -0.1) is 0 Å². The van der Waals surface area contributed by atoms with Crippen molar-refractivity contribution in [2.24, 2.45) is 0 Å². The van der Waals surface area contributed by atoms with E-state index in [9.17, 15) is 9.18 Å². The topological polar surface area (TPSA) is 53.4 Å². The van der Waals surface area contributed by atoms with Crippen LogP contribution in [0, 0.1) is 5.82 Å². The lowest BCUT2D eigenvalue weighted by Crippen LogP contribution is -2.12. The zero-order valence-corrected chi connectivity index (χ0v) is 10.7. The van der Waals surface area contributed by atoms with Gasteiger partial charge in [-0.3, -0.25) is 0 Å². The summed E-state index contributed by atoms with van der Waals surface area (Å²) in [6.07, 6.45) is 0. The Morgan fingerprint density at radius 1 is 1.32 bits per heavy atom. The Morgan fingerprint density at radius 2 is 1.95 bits per heavy atom. The number of carbonyl (C=O) groups is 1. The molecule has 0 spiro atoms. The van der Waals surface area contributed by atoms with Gasteiger partial charge in [-0.25, -0.2) is 14.2 Å². The van der Waals surface area contributed by atoms with Gasteiger partial charge in [0.25, 0.3) is 0 Å². The summed E-state index contributed by atoms with van der Waals surface area (Å²) in [6, 6.07) is 8.43. The number of rotatable bonds is 3. The Hall–Kier alpha value is -2.14. The van der Waals surface area contributed by atoms with Crippen molar-refractivity contribution in [1.29, 1.82) is 0 Å². The molecular formula is C13H10ClFN2O2. The summed E-state index contributed by atoms with van der Waals surface area (Å²) < 4.78 is 12.9. The SMILES string of the molecule is CN(c1ccc(F)cc1)c1cc(C(=O)O)cc(Cl)n1. The molecule has 0 fully saturated rings. The van der Waals surface area contributed by atoms with E-state index in [2.05, 4.69) is 4.98 Å². The number of nitrogens with zero attached hydrogens (tertiary/aromatic N) is 2. The van der Waals surface area contributed by atoms with Crippen LogP contribution in [0.15, 0.2) is 36.4 Å². The maximum Gasteiger partial charge on any atom is 0.335 e. The van der Waals surface area contributed by atoms with Crippen LogP contribution in [0.5, 0.6) is 0 Å². The highest BCUT2D eigenvalue weighted by molar-refractivity contribution is 6.29. The molecule has 0 atom stereocenters. The van der Waals surface area contributed by atoms with E-state index in [0.29, 0.717) is 11.5 Å². The molecule has 1 heterocycles. The standard InChI is InChI=1S/C13H10ClFN2O2/c1-17(10-4-2-9(15)3-5-10)12-7-8(13(18)19)6-11(14)16-12/h2-7H,1H3,(H,18,19). The average molecular weight is 281 g/mol. The Labute approximate surface area is 114 Å². The van der Waals surface area contributed by atoms with E-state index in [4.69, 9.17) is 16.7 Å². The third-order valence-corrected chi connectivity index (χ3v) is 2.78. The van der Waals surface area contributed by atoms with E-state index in [1.54, 1.807) is 24.1 Å². The minimum Gasteiger partial charge on any atom is -0.478 e. The highest BCUT2D eigenvalue weighted by Crippen LogP contribution is 2.24. The fourth-order valence-corrected chi connectivity index (χ4v) is 1.78. The van der Waals surface area contributed by atoms with Crippen molar-refractivity contribution in [2.45, 2.75) is 0 Å². The predicted molar refractivity (Wildman–Crippen MR) is 70.7 cm³/mol. The molecule has 0 amide bonds. The number of benzene rings is 1. The number of halogens is 2. The largest absolute Gasteiger partial charge is 0.478 e. The second-order valence-electron chi connectivity index (χ2n) is 3.88. The lowest BCUT2D eigenvalue weighted by atomic mass is 10.2. The van der Waals surface area contributed by atoms with E-state index < -0.39 is 5.97 Å². The molecule has 6 heteroatoms. The first-order chi connectivity index (χ1) is 8.97. The molecule has 4 nitrogen and oxygen atoms in total. The summed E-state index contributed by atoms with van der Waals surface area (Å²) in [5, 5.41) is 9.05. The summed E-state index contributed by atoms with van der Waals surface area (Å²) >= 11 is 5.79. The average Bonchev–Trinajstić information content (AvgIpc) is 2.38. The molecule has 2 aromatic rings. The molecule has 0 aliphatic rings. The molecule has 1 aromatic heterocycles. The minimum atomic E-state index is -1.09. The normalized spacial score (nSPS) is 10.3. The number of carboxylic acid groups (broad SMARTS) is 1. The van der Waals surface area contributed by atoms with E-state index >= 15 is 0 Å². The fraction of sp³-hybridized carbons (Fsp3) is 0.0769. The first-order valence-electron chi connectivity index (χ1n) is 5.37. The smallest absolute Gasteiger partial charge is 0.335 e. The Balaban J connectivity index is 2.40. The molecule has 0 bridgehead atoms. The van der Waals surface area contributed by atoms with Gasteiger partial charge in [0.05, 0.1) is 5.56 Å². The molecule has 2 rings (SSSR count). The van der Waals surface area contributed by atoms with Gasteiger partial charge in [-0.05, 0) is 36.4 Å². The van der Waals surface area contributed by atoms with Crippen LogP contribution in [-0.4, -0.2) is 23.1 Å². The van der Waals surface area contributed by atoms with E-state index in [-0.39, 0.29) is 16.5 Å². The number of hydrogen-bond donors (Lipinski definition) is 1. The van der Waals surface area contributed by atoms with Crippen molar-refractivity contribution >= 4 is 29.1 Å². The molecule has 0 saturated carbocycles. The fourth-order valence-electron chi connectivity index (χ4n) is 1.58. The van der Waals surface area contributed by atoms with E-state index in [1.165, 1.54) is 24.3 Å². The van der Waals surface area contributed by atoms with Crippen LogP contribution in [0.1, 0.15) is 10.4 Å². The molecule has 1 aromatic carbocycles. The van der Waals surface area contributed by atoms with Crippen molar-refractivity contribution in [3.8, 4) is 0 Å². The van der Waals surface area contributed by atoms with Crippen LogP contribution >= 0.6 is 11.6 Å². The Morgan fingerprint density at radius 3 is 2.53 bits per heavy atom. The van der Waals surface area contributed by atoms with Crippen LogP contribution in [0.25, 0.3) is 0 Å². The van der Waals surface area contributed by atoms with Crippen molar-refractivity contribution < 1.29 is 14.3 Å². The second-order valence-corrected chi connectivity index (χ2v) is 4.26. The summed E-state index contributed by atoms with van der Waals surface area (Å²) in [5.41, 5.74) is 0.719. The maximum absolute atomic E-state index is 12.9. The lowest BCUT2D eigenvalue weighted by molar-refractivity contribution is 0.0697. The zero-order valence-electron chi connectivity index (χ0n) is 9.97. The highest BCUT2D eigenvalue weighted by Gasteiger charge is 2.11. The molecule has 0 radical (unpaired) electrons. The van der Waals surface area contributed by atoms with Crippen LogP contribution in [0.2, 0.25) is 5.15 Å². The van der Waals surface area contributed by atoms with E-state index in [1.807, 2.05) is 0 Å². The predicted octanol–water partition coefficient (Wildman–Crippen LogP) is 3.34. The molecule has 0 aliphatic carbocycles. The molecule has 0 aliphatic heterocycles. The third kappa shape index (κ3) is 3.00. The lowest BCUT2D eigenvalue weighted by Gasteiger charge is -2.18. The molecule has 1 N–H and O–H groups in total. The third-order valence-electron chi connectivity index (χ3n) is 2.59. The van der Waals surface area contributed by atoms with Gasteiger partial charge in [0, 0.05) is 12.7 Å². The highest BCUT2D eigenvalue weighted by atomic mass is 35.5. The van der Waals surface area contributed by atoms with Gasteiger partial charge in [-0.1, -0.05) is 11.6 Å². The van der Waals surface area contributed by atoms with Crippen molar-refractivity contribution in [1.82, 2.24) is 4.98 Å². The summed E-state index contributed by atoms with van der Waals surface area (Å²) in [6.45, 7) is 0. The van der Waals surface area contributed by atoms with Crippen LogP contribution in [0.4, 0.5) is 15.9 Å². The molecule has 19 heavy (non-hydrogen) atoms. The molecule has 98 valence electrons. The number of anilines is 2. The van der Waals surface area contributed by atoms with Gasteiger partial charge < -0.3 is 10.0 Å². The zero-order chi connectivity index (χ0) is 14.0. The summed E-state index contributed by atoms with van der Waals surface area (Å²) in [4.78, 5) is 16.6. The number of carboxylic acids is 1. The summed E-state index contributed by atoms with van der Waals surface area (Å²) in [5.74, 6) is -1.06. The number of aromatic carboxylic acids is 1. The van der Waals surface area contributed by atoms with Gasteiger partial charge in [0.15, 0.2) is 0 Å². The van der Waals surface area contributed by atoms with Crippen molar-refractivity contribution in [2.75, 3.05) is 11.9 Å². The second kappa shape index (κ2) is 5.24. The van der Waals surface area contributed by atoms with Gasteiger partial charge in [0.1, 0.15) is 16.8 Å². The van der Waals surface area contributed by atoms with Gasteiger partial charge in [-0.2, -0.15) is 0 Å². The quantitative estimate of drug-likeness (QED) is 0.876. The Bertz CT molecular complexity index is 617. The summed E-state index contributed by atoms with van der Waals surface area (Å²) in [7, 11) is 1.69. The van der Waals surface area contributed by atoms with E-state index in [0.717, 1.165) is 0 Å². The van der Waals surface area contributed by atoms with Crippen molar-refractivity contribution in [3.63, 3.8) is 0 Å². The molecule has 0 saturated heterocycles. The van der Waals surface area contributed by atoms with Gasteiger partial charge in [0.2, 0.25) is 0 Å². The first kappa shape index (κ1) is 13.3. The number of aromatic nitrogens is 1. The van der Waals surface area contributed by atoms with Crippen molar-refractivity contribution in [3.05, 3.63) is 52.9 Å². The number of hydrogen-bond acceptors (Lipinski definition) is 3. The molecular weight excluding hydrogens is 271 g/mol. The van der Waals surface area contributed by atoms with Crippen LogP contribution in [-0.2, 0) is 0 Å².